The van der Waals surface area contributed by atoms with E-state index in [0.717, 1.165) is 5.56 Å². The first-order valence-corrected chi connectivity index (χ1v) is 6.76. The maximum absolute atomic E-state index is 13.8. The Morgan fingerprint density at radius 1 is 1.30 bits per heavy atom. The van der Waals surface area contributed by atoms with Gasteiger partial charge in [-0.15, -0.1) is 0 Å². The van der Waals surface area contributed by atoms with Gasteiger partial charge in [0, 0.05) is 28.8 Å². The van der Waals surface area contributed by atoms with Crippen molar-refractivity contribution in [3.63, 3.8) is 0 Å². The summed E-state index contributed by atoms with van der Waals surface area (Å²) in [6.07, 6.45) is -0.130. The van der Waals surface area contributed by atoms with Crippen LogP contribution >= 0.6 is 11.6 Å². The van der Waals surface area contributed by atoms with Gasteiger partial charge in [-0.05, 0) is 12.1 Å². The first-order valence-electron chi connectivity index (χ1n) is 6.38. The summed E-state index contributed by atoms with van der Waals surface area (Å²) >= 11 is 6.20. The van der Waals surface area contributed by atoms with Gasteiger partial charge in [-0.3, -0.25) is 0 Å². The average molecular weight is 293 g/mol. The van der Waals surface area contributed by atoms with Crippen molar-refractivity contribution in [1.82, 2.24) is 0 Å². The third kappa shape index (κ3) is 2.32. The van der Waals surface area contributed by atoms with Crippen LogP contribution in [0.2, 0.25) is 5.02 Å². The van der Waals surface area contributed by atoms with Gasteiger partial charge in [0.15, 0.2) is 5.75 Å². The number of hydrogen-bond donors (Lipinski definition) is 2. The maximum Gasteiger partial charge on any atom is 0.151 e. The monoisotopic (exact) mass is 292 g/mol. The van der Waals surface area contributed by atoms with Gasteiger partial charge < -0.3 is 15.8 Å². The zero-order chi connectivity index (χ0) is 14.1. The molecule has 2 aromatic carbocycles. The lowest BCUT2D eigenvalue weighted by Crippen LogP contribution is -2.37. The molecular weight excluding hydrogens is 279 g/mol. The molecule has 0 bridgehead atoms. The lowest BCUT2D eigenvalue weighted by atomic mass is 10.0. The van der Waals surface area contributed by atoms with Crippen molar-refractivity contribution in [2.45, 2.75) is 6.10 Å². The fraction of sp³-hybridized carbons (Fsp3) is 0.200. The van der Waals surface area contributed by atoms with Crippen LogP contribution in [0.5, 0.6) is 5.75 Å². The summed E-state index contributed by atoms with van der Waals surface area (Å²) in [6.45, 7) is 0.959. The van der Waals surface area contributed by atoms with Crippen molar-refractivity contribution in [3.05, 3.63) is 47.2 Å². The normalized spacial score (nSPS) is 17.1. The number of ether oxygens (including phenoxy) is 1. The predicted octanol–water partition coefficient (Wildman–Crippen LogP) is 3.28. The van der Waals surface area contributed by atoms with Gasteiger partial charge in [0.05, 0.1) is 12.2 Å². The van der Waals surface area contributed by atoms with Crippen LogP contribution in [0.25, 0.3) is 11.1 Å². The molecule has 104 valence electrons. The lowest BCUT2D eigenvalue weighted by Gasteiger charge is -2.28. The second-order valence-corrected chi connectivity index (χ2v) is 5.07. The van der Waals surface area contributed by atoms with E-state index in [1.54, 1.807) is 6.07 Å². The zero-order valence-corrected chi connectivity index (χ0v) is 11.5. The van der Waals surface area contributed by atoms with Gasteiger partial charge in [0.2, 0.25) is 0 Å². The van der Waals surface area contributed by atoms with Crippen molar-refractivity contribution in [3.8, 4) is 16.9 Å². The molecule has 0 aromatic heterocycles. The van der Waals surface area contributed by atoms with Crippen LogP contribution in [0, 0.1) is 5.82 Å². The van der Waals surface area contributed by atoms with Crippen LogP contribution in [-0.2, 0) is 0 Å². The topological polar surface area (TPSA) is 47.3 Å². The third-order valence-electron chi connectivity index (χ3n) is 3.29. The summed E-state index contributed by atoms with van der Waals surface area (Å²) in [5.74, 6) is 0.266. The SMILES string of the molecule is NC[C@@H]1CNc2cc(F)cc(-c3ccccc3Cl)c2O1. The van der Waals surface area contributed by atoms with Crippen molar-refractivity contribution < 1.29 is 9.13 Å². The molecule has 0 unspecified atom stereocenters. The van der Waals surface area contributed by atoms with Gasteiger partial charge in [-0.1, -0.05) is 29.8 Å². The number of rotatable bonds is 2. The fourth-order valence-electron chi connectivity index (χ4n) is 2.30. The third-order valence-corrected chi connectivity index (χ3v) is 3.61. The zero-order valence-electron chi connectivity index (χ0n) is 10.7. The Bertz CT molecular complexity index is 648. The van der Waals surface area contributed by atoms with Crippen molar-refractivity contribution >= 4 is 17.3 Å². The van der Waals surface area contributed by atoms with Crippen LogP contribution in [-0.4, -0.2) is 19.2 Å². The minimum absolute atomic E-state index is 0.130. The van der Waals surface area contributed by atoms with Gasteiger partial charge in [0.1, 0.15) is 11.9 Å². The molecule has 0 saturated heterocycles. The summed E-state index contributed by atoms with van der Waals surface area (Å²) in [5, 5.41) is 3.70. The minimum Gasteiger partial charge on any atom is -0.484 e. The molecule has 1 aliphatic rings. The van der Waals surface area contributed by atoms with Crippen LogP contribution in [0.1, 0.15) is 0 Å². The minimum atomic E-state index is -0.332. The Morgan fingerprint density at radius 3 is 2.85 bits per heavy atom. The molecule has 0 fully saturated rings. The largest absolute Gasteiger partial charge is 0.484 e. The van der Waals surface area contributed by atoms with E-state index in [2.05, 4.69) is 5.32 Å². The lowest BCUT2D eigenvalue weighted by molar-refractivity contribution is 0.215. The Balaban J connectivity index is 2.16. The Labute approximate surface area is 121 Å². The molecule has 3 rings (SSSR count). The molecule has 1 atom stereocenters. The van der Waals surface area contributed by atoms with E-state index in [0.29, 0.717) is 35.1 Å². The second-order valence-electron chi connectivity index (χ2n) is 4.67. The van der Waals surface area contributed by atoms with Gasteiger partial charge >= 0.3 is 0 Å². The van der Waals surface area contributed by atoms with E-state index in [-0.39, 0.29) is 11.9 Å². The van der Waals surface area contributed by atoms with Crippen molar-refractivity contribution in [2.75, 3.05) is 18.4 Å². The van der Waals surface area contributed by atoms with E-state index in [4.69, 9.17) is 22.1 Å². The first-order chi connectivity index (χ1) is 9.69. The highest BCUT2D eigenvalue weighted by Crippen LogP contribution is 2.42. The summed E-state index contributed by atoms with van der Waals surface area (Å²) in [7, 11) is 0. The molecular formula is C15H14ClFN2O. The molecule has 0 radical (unpaired) electrons. The van der Waals surface area contributed by atoms with Gasteiger partial charge in [0.25, 0.3) is 0 Å². The number of fused-ring (bicyclic) bond motifs is 1. The number of anilines is 1. The smallest absolute Gasteiger partial charge is 0.151 e. The standard InChI is InChI=1S/C15H14ClFN2O/c16-13-4-2-1-3-11(13)12-5-9(17)6-14-15(12)20-10(7-18)8-19-14/h1-6,10,19H,7-8,18H2/t10-/m1/s1. The van der Waals surface area contributed by atoms with Crippen LogP contribution in [0.15, 0.2) is 36.4 Å². The van der Waals surface area contributed by atoms with Gasteiger partial charge in [-0.2, -0.15) is 0 Å². The van der Waals surface area contributed by atoms with E-state index in [1.165, 1.54) is 12.1 Å². The molecule has 2 aromatic rings. The summed E-state index contributed by atoms with van der Waals surface area (Å²) in [5.41, 5.74) is 7.65. The van der Waals surface area contributed by atoms with Crippen LogP contribution in [0.3, 0.4) is 0 Å². The highest BCUT2D eigenvalue weighted by Gasteiger charge is 2.23. The van der Waals surface area contributed by atoms with Crippen molar-refractivity contribution in [1.29, 1.82) is 0 Å². The van der Waals surface area contributed by atoms with Crippen LogP contribution in [0.4, 0.5) is 10.1 Å². The number of benzene rings is 2. The molecule has 20 heavy (non-hydrogen) atoms. The van der Waals surface area contributed by atoms with Crippen molar-refractivity contribution in [2.24, 2.45) is 5.73 Å². The molecule has 0 spiro atoms. The summed E-state index contributed by atoms with van der Waals surface area (Å²) in [6, 6.07) is 10.1. The predicted molar refractivity (Wildman–Crippen MR) is 78.8 cm³/mol. The molecule has 1 heterocycles. The number of nitrogens with one attached hydrogen (secondary N) is 1. The molecule has 0 saturated carbocycles. The van der Waals surface area contributed by atoms with Gasteiger partial charge in [-0.25, -0.2) is 4.39 Å². The van der Waals surface area contributed by atoms with E-state index >= 15 is 0 Å². The molecule has 1 aliphatic heterocycles. The fourth-order valence-corrected chi connectivity index (χ4v) is 2.53. The van der Waals surface area contributed by atoms with Crippen LogP contribution < -0.4 is 15.8 Å². The molecule has 3 N–H and O–H groups in total. The highest BCUT2D eigenvalue weighted by molar-refractivity contribution is 6.33. The number of halogens is 2. The Kier molecular flexibility index (Phi) is 3.51. The van der Waals surface area contributed by atoms with E-state index < -0.39 is 0 Å². The maximum atomic E-state index is 13.8. The number of nitrogens with two attached hydrogens (primary N) is 1. The highest BCUT2D eigenvalue weighted by atomic mass is 35.5. The Hall–Kier alpha value is -1.78. The van der Waals surface area contributed by atoms with E-state index in [1.807, 2.05) is 18.2 Å². The number of hydrogen-bond acceptors (Lipinski definition) is 3. The average Bonchev–Trinajstić information content (AvgIpc) is 2.46. The molecule has 5 heteroatoms. The second kappa shape index (κ2) is 5.31. The summed E-state index contributed by atoms with van der Waals surface area (Å²) in [4.78, 5) is 0. The molecule has 0 amide bonds. The van der Waals surface area contributed by atoms with E-state index in [9.17, 15) is 4.39 Å². The Morgan fingerprint density at radius 2 is 2.10 bits per heavy atom. The summed E-state index contributed by atoms with van der Waals surface area (Å²) < 4.78 is 19.7. The first kappa shape index (κ1) is 13.2. The molecule has 3 nitrogen and oxygen atoms in total. The quantitative estimate of drug-likeness (QED) is 0.893. The molecule has 0 aliphatic carbocycles.